The van der Waals surface area contributed by atoms with E-state index in [4.69, 9.17) is 9.47 Å². The van der Waals surface area contributed by atoms with E-state index in [-0.39, 0.29) is 23.7 Å². The smallest absolute Gasteiger partial charge is 0.309 e. The van der Waals surface area contributed by atoms with Gasteiger partial charge in [-0.05, 0) is 72.0 Å². The van der Waals surface area contributed by atoms with Crippen molar-refractivity contribution in [3.05, 3.63) is 136 Å². The van der Waals surface area contributed by atoms with Crippen molar-refractivity contribution in [3.63, 3.8) is 0 Å². The molecule has 1 saturated heterocycles. The van der Waals surface area contributed by atoms with E-state index in [0.717, 1.165) is 22.3 Å². The maximum Gasteiger partial charge on any atom is 0.309 e. The third kappa shape index (κ3) is 5.67. The summed E-state index contributed by atoms with van der Waals surface area (Å²) in [7, 11) is 1.32. The Kier molecular flexibility index (Phi) is 8.20. The van der Waals surface area contributed by atoms with Gasteiger partial charge in [0.1, 0.15) is 18.1 Å². The molecule has 4 aromatic carbocycles. The highest BCUT2D eigenvalue weighted by atomic mass is 16.5. The number of aliphatic hydroxyl groups is 1. The molecule has 0 aromatic heterocycles. The first-order valence-electron chi connectivity index (χ1n) is 13.6. The van der Waals surface area contributed by atoms with Crippen LogP contribution in [0.2, 0.25) is 0 Å². The van der Waals surface area contributed by atoms with Gasteiger partial charge in [0.15, 0.2) is 0 Å². The summed E-state index contributed by atoms with van der Waals surface area (Å²) in [6.45, 7) is 4.16. The van der Waals surface area contributed by atoms with Crippen molar-refractivity contribution in [1.29, 1.82) is 0 Å². The first-order valence-corrected chi connectivity index (χ1v) is 13.6. The zero-order valence-electron chi connectivity index (χ0n) is 23.7. The number of anilines is 1. The summed E-state index contributed by atoms with van der Waals surface area (Å²) in [6, 6.07) is 28.4. The zero-order valence-corrected chi connectivity index (χ0v) is 23.7. The molecule has 1 fully saturated rings. The minimum atomic E-state index is -0.855. The van der Waals surface area contributed by atoms with Crippen LogP contribution in [-0.4, -0.2) is 29.9 Å². The van der Waals surface area contributed by atoms with Crippen molar-refractivity contribution in [2.24, 2.45) is 0 Å². The van der Waals surface area contributed by atoms with Gasteiger partial charge in [-0.25, -0.2) is 0 Å². The summed E-state index contributed by atoms with van der Waals surface area (Å²) in [5.41, 5.74) is 4.98. The molecule has 42 heavy (non-hydrogen) atoms. The fourth-order valence-corrected chi connectivity index (χ4v) is 5.15. The van der Waals surface area contributed by atoms with Gasteiger partial charge in [-0.15, -0.1) is 0 Å². The second-order valence-electron chi connectivity index (χ2n) is 10.2. The van der Waals surface area contributed by atoms with Crippen LogP contribution in [0.4, 0.5) is 5.69 Å². The molecule has 0 spiro atoms. The third-order valence-electron chi connectivity index (χ3n) is 7.40. The Balaban J connectivity index is 1.54. The molecule has 7 nitrogen and oxygen atoms in total. The number of nitrogens with zero attached hydrogens (tertiary/aromatic N) is 1. The van der Waals surface area contributed by atoms with Crippen LogP contribution in [0.5, 0.6) is 5.75 Å². The fourth-order valence-electron chi connectivity index (χ4n) is 5.15. The number of hydrogen-bond donors (Lipinski definition) is 1. The van der Waals surface area contributed by atoms with E-state index >= 15 is 0 Å². The summed E-state index contributed by atoms with van der Waals surface area (Å²) >= 11 is 0. The summed E-state index contributed by atoms with van der Waals surface area (Å²) < 4.78 is 10.7. The number of aliphatic hydroxyl groups excluding tert-OH is 1. The number of benzene rings is 4. The standard InChI is InChI=1S/C35H31NO6/c1-22-9-7-8-12-28(22)32-31(34(39)35(40)36(32)27-16-13-24(14-17-27)20-30(37)41-3)33(38)26-15-18-29(23(2)19-26)42-21-25-10-5-4-6-11-25/h4-19,32,38H,20-21H2,1-3H3/b33-31+. The largest absolute Gasteiger partial charge is 0.507 e. The molecule has 1 atom stereocenters. The van der Waals surface area contributed by atoms with E-state index in [1.165, 1.54) is 12.0 Å². The van der Waals surface area contributed by atoms with E-state index < -0.39 is 17.7 Å². The molecular formula is C35H31NO6. The van der Waals surface area contributed by atoms with Crippen LogP contribution in [0, 0.1) is 13.8 Å². The van der Waals surface area contributed by atoms with Crippen molar-refractivity contribution < 1.29 is 29.0 Å². The lowest BCUT2D eigenvalue weighted by Gasteiger charge is -2.27. The second kappa shape index (κ2) is 12.1. The molecule has 1 unspecified atom stereocenters. The van der Waals surface area contributed by atoms with Crippen molar-refractivity contribution in [2.45, 2.75) is 32.9 Å². The Morgan fingerprint density at radius 3 is 2.19 bits per heavy atom. The number of hydrogen-bond acceptors (Lipinski definition) is 6. The molecule has 0 aliphatic carbocycles. The van der Waals surface area contributed by atoms with Gasteiger partial charge in [-0.1, -0.05) is 66.7 Å². The molecular weight excluding hydrogens is 530 g/mol. The number of aryl methyl sites for hydroxylation is 2. The molecule has 4 aromatic rings. The monoisotopic (exact) mass is 561 g/mol. The van der Waals surface area contributed by atoms with Gasteiger partial charge in [-0.3, -0.25) is 19.3 Å². The van der Waals surface area contributed by atoms with Crippen LogP contribution in [-0.2, 0) is 32.1 Å². The second-order valence-corrected chi connectivity index (χ2v) is 10.2. The molecule has 7 heteroatoms. The first kappa shape index (κ1) is 28.4. The zero-order chi connectivity index (χ0) is 29.8. The van der Waals surface area contributed by atoms with Crippen LogP contribution in [0.25, 0.3) is 5.76 Å². The highest BCUT2D eigenvalue weighted by Gasteiger charge is 2.47. The van der Waals surface area contributed by atoms with Crippen molar-refractivity contribution in [1.82, 2.24) is 0 Å². The number of ketones is 1. The molecule has 0 radical (unpaired) electrons. The van der Waals surface area contributed by atoms with E-state index in [9.17, 15) is 19.5 Å². The van der Waals surface area contributed by atoms with Crippen molar-refractivity contribution >= 4 is 29.1 Å². The van der Waals surface area contributed by atoms with Gasteiger partial charge in [0, 0.05) is 11.3 Å². The molecule has 0 saturated carbocycles. The van der Waals surface area contributed by atoms with Gasteiger partial charge >= 0.3 is 5.97 Å². The molecule has 1 N–H and O–H groups in total. The Labute approximate surface area is 244 Å². The van der Waals surface area contributed by atoms with Gasteiger partial charge < -0.3 is 14.6 Å². The molecule has 1 aliphatic rings. The molecule has 1 amide bonds. The van der Waals surface area contributed by atoms with E-state index in [0.29, 0.717) is 29.2 Å². The summed E-state index contributed by atoms with van der Waals surface area (Å²) in [5.74, 6) is -1.51. The van der Waals surface area contributed by atoms with E-state index in [2.05, 4.69) is 0 Å². The van der Waals surface area contributed by atoms with Crippen LogP contribution < -0.4 is 9.64 Å². The van der Waals surface area contributed by atoms with Crippen molar-refractivity contribution in [3.8, 4) is 5.75 Å². The Hall–Kier alpha value is -5.17. The number of methoxy groups -OCH3 is 1. The maximum absolute atomic E-state index is 13.6. The average molecular weight is 562 g/mol. The van der Waals surface area contributed by atoms with Crippen LogP contribution >= 0.6 is 0 Å². The quantitative estimate of drug-likeness (QED) is 0.119. The average Bonchev–Trinajstić information content (AvgIpc) is 3.26. The van der Waals surface area contributed by atoms with Crippen LogP contribution in [0.3, 0.4) is 0 Å². The van der Waals surface area contributed by atoms with Crippen molar-refractivity contribution in [2.75, 3.05) is 12.0 Å². The highest BCUT2D eigenvalue weighted by Crippen LogP contribution is 2.43. The predicted molar refractivity (Wildman–Crippen MR) is 160 cm³/mol. The van der Waals surface area contributed by atoms with Gasteiger partial charge in [-0.2, -0.15) is 0 Å². The number of esters is 1. The van der Waals surface area contributed by atoms with E-state index in [1.54, 1.807) is 42.5 Å². The minimum Gasteiger partial charge on any atom is -0.507 e. The Bertz CT molecular complexity index is 1670. The van der Waals surface area contributed by atoms with Gasteiger partial charge in [0.05, 0.1) is 25.1 Å². The molecule has 5 rings (SSSR count). The number of ether oxygens (including phenoxy) is 2. The number of carbonyl (C=O) groups excluding carboxylic acids is 3. The predicted octanol–water partition coefficient (Wildman–Crippen LogP) is 6.22. The summed E-state index contributed by atoms with van der Waals surface area (Å²) in [5, 5.41) is 11.6. The van der Waals surface area contributed by atoms with Gasteiger partial charge in [0.2, 0.25) is 0 Å². The minimum absolute atomic E-state index is 0.00490. The number of carbonyl (C=O) groups is 3. The van der Waals surface area contributed by atoms with Gasteiger partial charge in [0.25, 0.3) is 11.7 Å². The molecule has 0 bridgehead atoms. The lowest BCUT2D eigenvalue weighted by Crippen LogP contribution is -2.29. The highest BCUT2D eigenvalue weighted by molar-refractivity contribution is 6.51. The lowest BCUT2D eigenvalue weighted by molar-refractivity contribution is -0.139. The summed E-state index contributed by atoms with van der Waals surface area (Å²) in [4.78, 5) is 40.2. The topological polar surface area (TPSA) is 93.1 Å². The van der Waals surface area contributed by atoms with Crippen LogP contribution in [0.15, 0.2) is 103 Å². The molecule has 1 aliphatic heterocycles. The number of rotatable bonds is 8. The lowest BCUT2D eigenvalue weighted by atomic mass is 9.92. The first-order chi connectivity index (χ1) is 20.3. The third-order valence-corrected chi connectivity index (χ3v) is 7.40. The molecule has 1 heterocycles. The Morgan fingerprint density at radius 2 is 1.52 bits per heavy atom. The Morgan fingerprint density at radius 1 is 0.833 bits per heavy atom. The summed E-state index contributed by atoms with van der Waals surface area (Å²) in [6.07, 6.45) is 0.0846. The number of amides is 1. The fraction of sp³-hybridized carbons (Fsp3) is 0.171. The van der Waals surface area contributed by atoms with E-state index in [1.807, 2.05) is 68.4 Å². The maximum atomic E-state index is 13.6. The number of Topliss-reactive ketones (excluding diaryl/α,β-unsaturated/α-hetero) is 1. The van der Waals surface area contributed by atoms with Crippen LogP contribution in [0.1, 0.15) is 39.4 Å². The SMILES string of the molecule is COC(=O)Cc1ccc(N2C(=O)C(=O)/C(=C(/O)c3ccc(OCc4ccccc4)c(C)c3)C2c2ccccc2C)cc1. The molecule has 212 valence electrons. The normalized spacial score (nSPS) is 16.0.